The lowest BCUT2D eigenvalue weighted by molar-refractivity contribution is 0.0378. The molecular formula is C25H25N3O3. The van der Waals surface area contributed by atoms with Crippen LogP contribution in [0.1, 0.15) is 52.8 Å². The van der Waals surface area contributed by atoms with Gasteiger partial charge >= 0.3 is 5.97 Å². The van der Waals surface area contributed by atoms with Crippen LogP contribution >= 0.6 is 0 Å². The highest BCUT2D eigenvalue weighted by Gasteiger charge is 2.26. The van der Waals surface area contributed by atoms with Crippen LogP contribution in [0, 0.1) is 0 Å². The van der Waals surface area contributed by atoms with E-state index >= 15 is 0 Å². The lowest BCUT2D eigenvalue weighted by atomic mass is 9.95. The van der Waals surface area contributed by atoms with Gasteiger partial charge < -0.3 is 10.2 Å². The number of hydroxylamine groups is 1. The zero-order valence-electron chi connectivity index (χ0n) is 17.2. The third-order valence-electron chi connectivity index (χ3n) is 5.39. The molecule has 1 aliphatic carbocycles. The molecule has 2 aromatic carbocycles. The number of benzene rings is 2. The van der Waals surface area contributed by atoms with Gasteiger partial charge in [0.2, 0.25) is 0 Å². The van der Waals surface area contributed by atoms with Crippen LogP contribution in [0.25, 0.3) is 0 Å². The molecule has 0 saturated heterocycles. The van der Waals surface area contributed by atoms with Crippen molar-refractivity contribution >= 4 is 23.4 Å². The number of anilines is 2. The van der Waals surface area contributed by atoms with Crippen LogP contribution < -0.4 is 10.4 Å². The molecule has 1 heterocycles. The maximum absolute atomic E-state index is 12.7. The number of hydrogen-bond acceptors (Lipinski definition) is 5. The molecule has 3 aromatic rings. The second-order valence-electron chi connectivity index (χ2n) is 7.58. The normalized spacial score (nSPS) is 13.9. The van der Waals surface area contributed by atoms with Gasteiger partial charge in [0.1, 0.15) is 5.82 Å². The fourth-order valence-electron chi connectivity index (χ4n) is 3.75. The monoisotopic (exact) mass is 415 g/mol. The van der Waals surface area contributed by atoms with Crippen molar-refractivity contribution in [1.29, 1.82) is 0 Å². The predicted molar refractivity (Wildman–Crippen MR) is 120 cm³/mol. The largest absolute Gasteiger partial charge is 0.363 e. The summed E-state index contributed by atoms with van der Waals surface area (Å²) in [6.45, 7) is 0. The smallest absolute Gasteiger partial charge is 0.335 e. The molecule has 1 N–H and O–H groups in total. The molecule has 1 aromatic heterocycles. The Kier molecular flexibility index (Phi) is 6.57. The predicted octanol–water partition coefficient (Wildman–Crippen LogP) is 5.25. The van der Waals surface area contributed by atoms with Crippen LogP contribution in [0.3, 0.4) is 0 Å². The molecule has 6 nitrogen and oxygen atoms in total. The number of nitrogens with zero attached hydrogens (tertiary/aromatic N) is 2. The van der Waals surface area contributed by atoms with Crippen molar-refractivity contribution in [2.24, 2.45) is 0 Å². The first-order chi connectivity index (χ1) is 15.2. The molecule has 0 spiro atoms. The van der Waals surface area contributed by atoms with Gasteiger partial charge in [0, 0.05) is 11.8 Å². The summed E-state index contributed by atoms with van der Waals surface area (Å²) in [5.41, 5.74) is 1.77. The Balaban J connectivity index is 1.52. The highest BCUT2D eigenvalue weighted by Crippen LogP contribution is 2.28. The fraction of sp³-hybridized carbons (Fsp3) is 0.240. The molecule has 0 unspecified atom stereocenters. The number of hydrogen-bond donors (Lipinski definition) is 1. The fourth-order valence-corrected chi connectivity index (χ4v) is 3.75. The molecule has 1 fully saturated rings. The minimum atomic E-state index is -0.386. The lowest BCUT2D eigenvalue weighted by Crippen LogP contribution is -2.38. The van der Waals surface area contributed by atoms with E-state index in [1.807, 2.05) is 36.4 Å². The Morgan fingerprint density at radius 1 is 0.839 bits per heavy atom. The Bertz CT molecular complexity index is 1000. The zero-order chi connectivity index (χ0) is 21.5. The van der Waals surface area contributed by atoms with Crippen molar-refractivity contribution in [2.75, 3.05) is 10.4 Å². The van der Waals surface area contributed by atoms with Crippen molar-refractivity contribution in [1.82, 2.24) is 4.98 Å². The molecule has 4 rings (SSSR count). The average molecular weight is 415 g/mol. The van der Waals surface area contributed by atoms with Crippen LogP contribution in [-0.4, -0.2) is 22.9 Å². The molecule has 6 heteroatoms. The van der Waals surface area contributed by atoms with Gasteiger partial charge in [0.05, 0.1) is 17.3 Å². The van der Waals surface area contributed by atoms with E-state index in [0.29, 0.717) is 16.9 Å². The number of aromatic nitrogens is 1. The number of nitrogens with one attached hydrogen (secondary N) is 1. The minimum Gasteiger partial charge on any atom is -0.335 e. The summed E-state index contributed by atoms with van der Waals surface area (Å²) >= 11 is 0. The molecule has 1 saturated carbocycles. The number of carbonyl (C=O) groups excluding carboxylic acids is 2. The first-order valence-electron chi connectivity index (χ1n) is 10.6. The third kappa shape index (κ3) is 5.28. The minimum absolute atomic E-state index is 0.120. The standard InChI is InChI=1S/C25H25N3O3/c29-24(27-23-13-7-8-18-26-23)19-14-16-22(17-15-19)28(21-11-5-2-6-12-21)31-25(30)20-9-3-1-4-10-20/h1,3-4,7-10,13-18,21H,2,5-6,11-12H2,(H,26,27,29). The Labute approximate surface area is 181 Å². The molecule has 1 aliphatic rings. The quantitative estimate of drug-likeness (QED) is 0.557. The van der Waals surface area contributed by atoms with Crippen molar-refractivity contribution < 1.29 is 14.4 Å². The summed E-state index contributed by atoms with van der Waals surface area (Å²) in [6, 6.07) is 21.6. The Morgan fingerprint density at radius 2 is 1.55 bits per heavy atom. The van der Waals surface area contributed by atoms with Crippen LogP contribution in [0.5, 0.6) is 0 Å². The van der Waals surface area contributed by atoms with Crippen molar-refractivity contribution in [3.8, 4) is 0 Å². The van der Waals surface area contributed by atoms with E-state index in [2.05, 4.69) is 10.3 Å². The van der Waals surface area contributed by atoms with E-state index in [1.165, 1.54) is 6.42 Å². The molecule has 158 valence electrons. The summed E-state index contributed by atoms with van der Waals surface area (Å²) in [7, 11) is 0. The van der Waals surface area contributed by atoms with E-state index in [0.717, 1.165) is 31.4 Å². The molecule has 31 heavy (non-hydrogen) atoms. The Hall–Kier alpha value is -3.67. The zero-order valence-corrected chi connectivity index (χ0v) is 17.2. The van der Waals surface area contributed by atoms with Crippen LogP contribution in [0.2, 0.25) is 0 Å². The maximum Gasteiger partial charge on any atom is 0.363 e. The average Bonchev–Trinajstić information content (AvgIpc) is 2.84. The van der Waals surface area contributed by atoms with E-state index < -0.39 is 0 Å². The van der Waals surface area contributed by atoms with Gasteiger partial charge in [-0.05, 0) is 61.4 Å². The van der Waals surface area contributed by atoms with Crippen LogP contribution in [0.4, 0.5) is 11.5 Å². The second kappa shape index (κ2) is 9.89. The summed E-state index contributed by atoms with van der Waals surface area (Å²) in [5.74, 6) is -0.129. The van der Waals surface area contributed by atoms with Crippen molar-refractivity contribution in [3.63, 3.8) is 0 Å². The lowest BCUT2D eigenvalue weighted by Gasteiger charge is -2.34. The van der Waals surface area contributed by atoms with Gasteiger partial charge in [0.25, 0.3) is 5.91 Å². The van der Waals surface area contributed by atoms with Gasteiger partial charge in [-0.2, -0.15) is 0 Å². The summed E-state index contributed by atoms with van der Waals surface area (Å²) in [6.07, 6.45) is 6.96. The van der Waals surface area contributed by atoms with Crippen molar-refractivity contribution in [2.45, 2.75) is 38.1 Å². The summed E-state index contributed by atoms with van der Waals surface area (Å²) in [4.78, 5) is 35.2. The van der Waals surface area contributed by atoms with Gasteiger partial charge in [-0.25, -0.2) is 14.8 Å². The Morgan fingerprint density at radius 3 is 2.23 bits per heavy atom. The molecular weight excluding hydrogens is 390 g/mol. The molecule has 0 atom stereocenters. The van der Waals surface area contributed by atoms with E-state index in [4.69, 9.17) is 4.84 Å². The summed E-state index contributed by atoms with van der Waals surface area (Å²) < 4.78 is 0. The molecule has 0 bridgehead atoms. The van der Waals surface area contributed by atoms with Gasteiger partial charge in [-0.3, -0.25) is 4.79 Å². The third-order valence-corrected chi connectivity index (χ3v) is 5.39. The summed E-state index contributed by atoms with van der Waals surface area (Å²) in [5, 5.41) is 4.49. The van der Waals surface area contributed by atoms with Gasteiger partial charge in [-0.1, -0.05) is 43.5 Å². The van der Waals surface area contributed by atoms with Crippen molar-refractivity contribution in [3.05, 3.63) is 90.1 Å². The SMILES string of the molecule is O=C(Nc1ccccn1)c1ccc(N(OC(=O)c2ccccc2)C2CCCCC2)cc1. The number of amides is 1. The molecule has 1 amide bonds. The maximum atomic E-state index is 12.7. The highest BCUT2D eigenvalue weighted by atomic mass is 16.7. The first kappa shape index (κ1) is 20.6. The van der Waals surface area contributed by atoms with Gasteiger partial charge in [0.15, 0.2) is 0 Å². The molecule has 0 aliphatic heterocycles. The second-order valence-corrected chi connectivity index (χ2v) is 7.58. The molecule has 0 radical (unpaired) electrons. The van der Waals surface area contributed by atoms with E-state index in [1.54, 1.807) is 47.7 Å². The van der Waals surface area contributed by atoms with Gasteiger partial charge in [-0.15, -0.1) is 0 Å². The first-order valence-corrected chi connectivity index (χ1v) is 10.6. The van der Waals surface area contributed by atoms with Crippen LogP contribution in [-0.2, 0) is 4.84 Å². The number of carbonyl (C=O) groups is 2. The van der Waals surface area contributed by atoms with E-state index in [-0.39, 0.29) is 17.9 Å². The van der Waals surface area contributed by atoms with E-state index in [9.17, 15) is 9.59 Å². The number of pyridine rings is 1. The number of rotatable bonds is 6. The topological polar surface area (TPSA) is 71.5 Å². The van der Waals surface area contributed by atoms with Crippen LogP contribution in [0.15, 0.2) is 79.0 Å². The highest BCUT2D eigenvalue weighted by molar-refractivity contribution is 6.03.